The zero-order chi connectivity index (χ0) is 14.4. The monoisotopic (exact) mass is 273 g/mol. The van der Waals surface area contributed by atoms with Crippen LogP contribution in [0.15, 0.2) is 24.3 Å². The molecule has 1 heterocycles. The van der Waals surface area contributed by atoms with Crippen molar-refractivity contribution < 1.29 is 4.74 Å². The van der Waals surface area contributed by atoms with Crippen molar-refractivity contribution in [3.05, 3.63) is 29.8 Å². The van der Waals surface area contributed by atoms with Crippen molar-refractivity contribution in [1.29, 1.82) is 5.26 Å². The zero-order valence-electron chi connectivity index (χ0n) is 12.4. The van der Waals surface area contributed by atoms with Gasteiger partial charge < -0.3 is 14.5 Å². The number of likely N-dealkylation sites (N-methyl/N-ethyl adjacent to an activating group) is 1. The predicted octanol–water partition coefficient (Wildman–Crippen LogP) is 1.96. The van der Waals surface area contributed by atoms with Gasteiger partial charge in [0.15, 0.2) is 0 Å². The first-order valence-corrected chi connectivity index (χ1v) is 7.24. The molecule has 1 aliphatic heterocycles. The molecule has 1 aliphatic rings. The van der Waals surface area contributed by atoms with Crippen LogP contribution >= 0.6 is 0 Å². The van der Waals surface area contributed by atoms with E-state index < -0.39 is 0 Å². The average molecular weight is 273 g/mol. The van der Waals surface area contributed by atoms with Gasteiger partial charge in [-0.15, -0.1) is 0 Å². The summed E-state index contributed by atoms with van der Waals surface area (Å²) in [5, 5.41) is 8.83. The molecule has 108 valence electrons. The lowest BCUT2D eigenvalue weighted by atomic mass is 10.2. The third-order valence-corrected chi connectivity index (χ3v) is 3.89. The van der Waals surface area contributed by atoms with Gasteiger partial charge in [0.05, 0.1) is 18.2 Å². The fourth-order valence-corrected chi connectivity index (χ4v) is 2.46. The van der Waals surface area contributed by atoms with Gasteiger partial charge in [-0.05, 0) is 38.6 Å². The Labute approximate surface area is 121 Å². The second-order valence-electron chi connectivity index (χ2n) is 5.47. The van der Waals surface area contributed by atoms with E-state index >= 15 is 0 Å². The van der Waals surface area contributed by atoms with Crippen molar-refractivity contribution >= 4 is 0 Å². The highest BCUT2D eigenvalue weighted by Gasteiger charge is 2.19. The molecule has 0 N–H and O–H groups in total. The first-order valence-electron chi connectivity index (χ1n) is 7.24. The lowest BCUT2D eigenvalue weighted by Gasteiger charge is -2.37. The first kappa shape index (κ1) is 14.8. The van der Waals surface area contributed by atoms with Crippen LogP contribution in [0.5, 0.6) is 5.75 Å². The van der Waals surface area contributed by atoms with E-state index in [0.717, 1.165) is 38.3 Å². The third kappa shape index (κ3) is 4.22. The smallest absolute Gasteiger partial charge is 0.120 e. The highest BCUT2D eigenvalue weighted by molar-refractivity contribution is 5.36. The highest BCUT2D eigenvalue weighted by atomic mass is 16.5. The molecule has 0 radical (unpaired) electrons. The number of nitrogens with zero attached hydrogens (tertiary/aromatic N) is 3. The second kappa shape index (κ2) is 7.28. The van der Waals surface area contributed by atoms with Crippen molar-refractivity contribution in [3.63, 3.8) is 0 Å². The summed E-state index contributed by atoms with van der Waals surface area (Å²) in [6.45, 7) is 7.49. The van der Waals surface area contributed by atoms with Gasteiger partial charge in [-0.1, -0.05) is 6.07 Å². The average Bonchev–Trinajstić information content (AvgIpc) is 2.47. The summed E-state index contributed by atoms with van der Waals surface area (Å²) < 4.78 is 5.70. The van der Waals surface area contributed by atoms with Crippen molar-refractivity contribution in [2.75, 3.05) is 39.8 Å². The molecule has 0 saturated carbocycles. The summed E-state index contributed by atoms with van der Waals surface area (Å²) in [7, 11) is 2.19. The predicted molar refractivity (Wildman–Crippen MR) is 79.8 cm³/mol. The van der Waals surface area contributed by atoms with Crippen molar-refractivity contribution in [2.45, 2.75) is 19.4 Å². The second-order valence-corrected chi connectivity index (χ2v) is 5.47. The number of ether oxygens (including phenoxy) is 1. The molecule has 20 heavy (non-hydrogen) atoms. The molecule has 0 amide bonds. The maximum absolute atomic E-state index is 8.83. The van der Waals surface area contributed by atoms with Gasteiger partial charge in [-0.25, -0.2) is 0 Å². The van der Waals surface area contributed by atoms with E-state index in [4.69, 9.17) is 10.00 Å². The minimum atomic E-state index is 0.636. The zero-order valence-corrected chi connectivity index (χ0v) is 12.4. The minimum Gasteiger partial charge on any atom is -0.494 e. The fraction of sp³-hybridized carbons (Fsp3) is 0.562. The molecule has 1 unspecified atom stereocenters. The fourth-order valence-electron chi connectivity index (χ4n) is 2.46. The minimum absolute atomic E-state index is 0.636. The van der Waals surface area contributed by atoms with Crippen LogP contribution in [0.4, 0.5) is 0 Å². The van der Waals surface area contributed by atoms with Crippen LogP contribution in [0.2, 0.25) is 0 Å². The van der Waals surface area contributed by atoms with E-state index in [1.54, 1.807) is 12.1 Å². The molecule has 0 aliphatic carbocycles. The molecule has 1 atom stereocenters. The van der Waals surface area contributed by atoms with Crippen molar-refractivity contribution in [1.82, 2.24) is 9.80 Å². The molecular formula is C16H23N3O. The van der Waals surface area contributed by atoms with Crippen LogP contribution in [0.3, 0.4) is 0 Å². The molecule has 1 fully saturated rings. The molecule has 4 nitrogen and oxygen atoms in total. The summed E-state index contributed by atoms with van der Waals surface area (Å²) in [6.07, 6.45) is 1.02. The third-order valence-electron chi connectivity index (χ3n) is 3.89. The van der Waals surface area contributed by atoms with Gasteiger partial charge in [0.1, 0.15) is 5.75 Å². The normalized spacial score (nSPS) is 20.6. The van der Waals surface area contributed by atoms with Crippen LogP contribution in [-0.4, -0.2) is 55.7 Å². The summed E-state index contributed by atoms with van der Waals surface area (Å²) in [4.78, 5) is 4.90. The molecule has 1 aromatic rings. The topological polar surface area (TPSA) is 39.5 Å². The summed E-state index contributed by atoms with van der Waals surface area (Å²) >= 11 is 0. The van der Waals surface area contributed by atoms with Gasteiger partial charge in [0.2, 0.25) is 0 Å². The van der Waals surface area contributed by atoms with Crippen LogP contribution in [0.25, 0.3) is 0 Å². The largest absolute Gasteiger partial charge is 0.494 e. The molecule has 1 aromatic carbocycles. The van der Waals surface area contributed by atoms with E-state index in [1.807, 2.05) is 12.1 Å². The lowest BCUT2D eigenvalue weighted by Crippen LogP contribution is -2.50. The lowest BCUT2D eigenvalue weighted by molar-refractivity contribution is 0.100. The highest BCUT2D eigenvalue weighted by Crippen LogP contribution is 2.13. The first-order chi connectivity index (χ1) is 9.69. The Morgan fingerprint density at radius 1 is 1.40 bits per heavy atom. The van der Waals surface area contributed by atoms with E-state index in [-0.39, 0.29) is 0 Å². The molecule has 0 aromatic heterocycles. The maximum Gasteiger partial charge on any atom is 0.120 e. The van der Waals surface area contributed by atoms with E-state index in [1.165, 1.54) is 0 Å². The quantitative estimate of drug-likeness (QED) is 0.769. The van der Waals surface area contributed by atoms with Crippen molar-refractivity contribution in [2.24, 2.45) is 0 Å². The van der Waals surface area contributed by atoms with Crippen LogP contribution in [0, 0.1) is 11.3 Å². The molecule has 2 rings (SSSR count). The molecule has 4 heteroatoms. The molecule has 0 bridgehead atoms. The Balaban J connectivity index is 1.68. The Bertz CT molecular complexity index is 469. The van der Waals surface area contributed by atoms with Gasteiger partial charge in [0.25, 0.3) is 0 Å². The SMILES string of the molecule is CC1CN(CCCOc2cccc(C#N)c2)CCN1C. The van der Waals surface area contributed by atoms with Gasteiger partial charge in [0, 0.05) is 32.2 Å². The van der Waals surface area contributed by atoms with Crippen LogP contribution < -0.4 is 4.74 Å². The number of rotatable bonds is 5. The summed E-state index contributed by atoms with van der Waals surface area (Å²) in [6, 6.07) is 10.1. The Kier molecular flexibility index (Phi) is 5.40. The van der Waals surface area contributed by atoms with Gasteiger partial charge in [-0.3, -0.25) is 0 Å². The van der Waals surface area contributed by atoms with Crippen LogP contribution in [0.1, 0.15) is 18.9 Å². The summed E-state index contributed by atoms with van der Waals surface area (Å²) in [5.74, 6) is 0.788. The van der Waals surface area contributed by atoms with E-state index in [0.29, 0.717) is 18.2 Å². The number of nitriles is 1. The number of piperazine rings is 1. The number of hydrogen-bond acceptors (Lipinski definition) is 4. The molecule has 0 spiro atoms. The van der Waals surface area contributed by atoms with Crippen LogP contribution in [-0.2, 0) is 0 Å². The maximum atomic E-state index is 8.83. The van der Waals surface area contributed by atoms with Gasteiger partial charge in [-0.2, -0.15) is 5.26 Å². The standard InChI is InChI=1S/C16H23N3O/c1-14-13-19(9-8-18(14)2)7-4-10-20-16-6-3-5-15(11-16)12-17/h3,5-6,11,14H,4,7-10,13H2,1-2H3. The Morgan fingerprint density at radius 2 is 2.25 bits per heavy atom. The number of hydrogen-bond donors (Lipinski definition) is 0. The van der Waals surface area contributed by atoms with Gasteiger partial charge >= 0.3 is 0 Å². The Hall–Kier alpha value is -1.57. The molecular weight excluding hydrogens is 250 g/mol. The van der Waals surface area contributed by atoms with E-state index in [2.05, 4.69) is 29.8 Å². The summed E-state index contributed by atoms with van der Waals surface area (Å²) in [5.41, 5.74) is 0.649. The number of benzene rings is 1. The molecule has 1 saturated heterocycles. The van der Waals surface area contributed by atoms with Crippen molar-refractivity contribution in [3.8, 4) is 11.8 Å². The Morgan fingerprint density at radius 3 is 3.00 bits per heavy atom. The van der Waals surface area contributed by atoms with E-state index in [9.17, 15) is 0 Å².